The molecule has 0 fully saturated rings. The molecule has 10 heteroatoms. The Kier molecular flexibility index (Phi) is 6.89. The molecule has 1 aliphatic heterocycles. The number of hydrogen-bond acceptors (Lipinski definition) is 6. The van der Waals surface area contributed by atoms with E-state index >= 15 is 0 Å². The fourth-order valence-electron chi connectivity index (χ4n) is 5.01. The van der Waals surface area contributed by atoms with Gasteiger partial charge in [-0.1, -0.05) is 52.8 Å². The van der Waals surface area contributed by atoms with E-state index < -0.39 is 23.3 Å². The largest absolute Gasteiger partial charge is 0.496 e. The summed E-state index contributed by atoms with van der Waals surface area (Å²) in [7, 11) is 1.51. The van der Waals surface area contributed by atoms with Gasteiger partial charge in [-0.05, 0) is 35.4 Å². The van der Waals surface area contributed by atoms with E-state index in [4.69, 9.17) is 4.74 Å². The number of aromatic amines is 1. The summed E-state index contributed by atoms with van der Waals surface area (Å²) in [5.74, 6) is -1.65. The van der Waals surface area contributed by atoms with E-state index in [-0.39, 0.29) is 41.2 Å². The maximum Gasteiger partial charge on any atom is 0.330 e. The lowest BCUT2D eigenvalue weighted by Gasteiger charge is -2.36. The van der Waals surface area contributed by atoms with Crippen LogP contribution in [0.3, 0.4) is 0 Å². The molecule has 38 heavy (non-hydrogen) atoms. The first kappa shape index (κ1) is 26.7. The standard InChI is InChI=1S/C28H31N5O5/c1-16(2)13-28(25(36)37)14-19-18(23(34)31-26-29-15-30-32-26)8-7-9-21(19)33(28)24(35)17-10-11-20(27(3,4)5)22(12-17)38-6/h7-9,12,15-16H,13-14H2,1-6H3,(H,36,37)(H2,29,30,31,32,34). The highest BCUT2D eigenvalue weighted by Crippen LogP contribution is 2.45. The molecule has 0 saturated heterocycles. The van der Waals surface area contributed by atoms with Crippen molar-refractivity contribution in [1.82, 2.24) is 15.2 Å². The third-order valence-electron chi connectivity index (χ3n) is 6.57. The molecule has 3 N–H and O–H groups in total. The number of carbonyl (C=O) groups excluding carboxylic acids is 2. The lowest BCUT2D eigenvalue weighted by Crippen LogP contribution is -2.56. The molecule has 0 bridgehead atoms. The van der Waals surface area contributed by atoms with Crippen LogP contribution >= 0.6 is 0 Å². The number of ether oxygens (including phenoxy) is 1. The third-order valence-corrected chi connectivity index (χ3v) is 6.57. The van der Waals surface area contributed by atoms with Crippen molar-refractivity contribution in [2.75, 3.05) is 17.3 Å². The normalized spacial score (nSPS) is 16.7. The number of aliphatic carboxylic acids is 1. The number of anilines is 2. The first-order valence-electron chi connectivity index (χ1n) is 12.3. The van der Waals surface area contributed by atoms with Gasteiger partial charge in [0.1, 0.15) is 17.6 Å². The van der Waals surface area contributed by atoms with Gasteiger partial charge in [0, 0.05) is 29.3 Å². The Morgan fingerprint density at radius 1 is 1.26 bits per heavy atom. The first-order chi connectivity index (χ1) is 17.9. The number of amides is 2. The number of nitrogens with one attached hydrogen (secondary N) is 2. The maximum absolute atomic E-state index is 14.1. The Bertz CT molecular complexity index is 1380. The number of benzene rings is 1. The zero-order chi connectivity index (χ0) is 27.8. The second-order valence-electron chi connectivity index (χ2n) is 10.8. The molecule has 4 rings (SSSR count). The molecule has 0 saturated carbocycles. The molecule has 2 aromatic carbocycles. The van der Waals surface area contributed by atoms with E-state index in [0.717, 1.165) is 5.56 Å². The Hall–Kier alpha value is -4.39. The van der Waals surface area contributed by atoms with Crippen molar-refractivity contribution in [3.05, 3.63) is 65.0 Å². The summed E-state index contributed by atoms with van der Waals surface area (Å²) in [6, 6.07) is 12.4. The number of carboxylic acid groups (broad SMARTS) is 1. The van der Waals surface area contributed by atoms with Crippen molar-refractivity contribution in [3.63, 3.8) is 0 Å². The minimum atomic E-state index is -1.61. The summed E-state index contributed by atoms with van der Waals surface area (Å²) in [5, 5.41) is 19.5. The summed E-state index contributed by atoms with van der Waals surface area (Å²) in [5.41, 5.74) is 0.0150. The molecule has 0 radical (unpaired) electrons. The van der Waals surface area contributed by atoms with Crippen LogP contribution in [-0.4, -0.2) is 50.7 Å². The van der Waals surface area contributed by atoms with Crippen LogP contribution in [-0.2, 0) is 16.6 Å². The van der Waals surface area contributed by atoms with Crippen molar-refractivity contribution in [1.29, 1.82) is 0 Å². The minimum Gasteiger partial charge on any atom is -0.496 e. The van der Waals surface area contributed by atoms with Gasteiger partial charge < -0.3 is 9.84 Å². The monoisotopic (exact) mass is 517 g/mol. The Morgan fingerprint density at radius 2 is 2.00 bits per heavy atom. The van der Waals surface area contributed by atoms with Crippen LogP contribution in [0.1, 0.15) is 72.9 Å². The molecule has 1 atom stereocenters. The number of aromatic nitrogens is 3. The van der Waals surface area contributed by atoms with Gasteiger partial charge in [0.05, 0.1) is 12.7 Å². The zero-order valence-corrected chi connectivity index (χ0v) is 22.3. The summed E-state index contributed by atoms with van der Waals surface area (Å²) >= 11 is 0. The molecule has 10 nitrogen and oxygen atoms in total. The molecule has 2 amide bonds. The van der Waals surface area contributed by atoms with E-state index in [1.807, 2.05) is 34.6 Å². The third kappa shape index (κ3) is 4.67. The quantitative estimate of drug-likeness (QED) is 0.430. The van der Waals surface area contributed by atoms with Gasteiger partial charge in [0.15, 0.2) is 0 Å². The van der Waals surface area contributed by atoms with Gasteiger partial charge >= 0.3 is 5.97 Å². The second kappa shape index (κ2) is 9.82. The van der Waals surface area contributed by atoms with Gasteiger partial charge in [-0.2, -0.15) is 10.1 Å². The van der Waals surface area contributed by atoms with Crippen LogP contribution in [0.4, 0.5) is 11.6 Å². The smallest absolute Gasteiger partial charge is 0.330 e. The highest BCUT2D eigenvalue weighted by Gasteiger charge is 2.54. The highest BCUT2D eigenvalue weighted by molar-refractivity contribution is 6.14. The van der Waals surface area contributed by atoms with Crippen molar-refractivity contribution in [2.45, 2.75) is 58.4 Å². The number of carbonyl (C=O) groups is 3. The highest BCUT2D eigenvalue weighted by atomic mass is 16.5. The van der Waals surface area contributed by atoms with Crippen LogP contribution in [0.2, 0.25) is 0 Å². The minimum absolute atomic E-state index is 0.0392. The molecule has 198 valence electrons. The van der Waals surface area contributed by atoms with E-state index in [1.54, 1.807) is 24.3 Å². The number of methoxy groups -OCH3 is 1. The number of nitrogens with zero attached hydrogens (tertiary/aromatic N) is 3. The first-order valence-corrected chi connectivity index (χ1v) is 12.3. The fourth-order valence-corrected chi connectivity index (χ4v) is 5.01. The summed E-state index contributed by atoms with van der Waals surface area (Å²) in [4.78, 5) is 45.4. The Morgan fingerprint density at radius 3 is 2.58 bits per heavy atom. The summed E-state index contributed by atoms with van der Waals surface area (Å²) in [6.45, 7) is 9.79. The van der Waals surface area contributed by atoms with Crippen LogP contribution in [0.5, 0.6) is 5.75 Å². The molecule has 1 aliphatic rings. The van der Waals surface area contributed by atoms with Crippen LogP contribution in [0.15, 0.2) is 30.6 Å². The number of hydrogen-bond donors (Lipinski definition) is 3. The van der Waals surface area contributed by atoms with Crippen molar-refractivity contribution in [2.24, 2.45) is 5.92 Å². The predicted molar refractivity (Wildman–Crippen MR) is 140 cm³/mol. The molecule has 0 spiro atoms. The second-order valence-corrected chi connectivity index (χ2v) is 10.8. The van der Waals surface area contributed by atoms with E-state index in [0.29, 0.717) is 17.0 Å². The van der Waals surface area contributed by atoms with Gasteiger partial charge in [-0.15, -0.1) is 0 Å². The van der Waals surface area contributed by atoms with Crippen molar-refractivity contribution in [3.8, 4) is 5.75 Å². The molecular formula is C28H31N5O5. The van der Waals surface area contributed by atoms with Gasteiger partial charge in [-0.3, -0.25) is 19.8 Å². The maximum atomic E-state index is 14.1. The topological polar surface area (TPSA) is 138 Å². The molecule has 1 aromatic heterocycles. The number of H-pyrrole nitrogens is 1. The predicted octanol–water partition coefficient (Wildman–Crippen LogP) is 4.04. The average molecular weight is 518 g/mol. The average Bonchev–Trinajstić information content (AvgIpc) is 3.47. The fraction of sp³-hybridized carbons (Fsp3) is 0.393. The van der Waals surface area contributed by atoms with E-state index in [1.165, 1.54) is 18.3 Å². The summed E-state index contributed by atoms with van der Waals surface area (Å²) < 4.78 is 5.55. The van der Waals surface area contributed by atoms with Crippen LogP contribution in [0.25, 0.3) is 0 Å². The molecule has 0 aliphatic carbocycles. The number of fused-ring (bicyclic) bond motifs is 1. The lowest BCUT2D eigenvalue weighted by molar-refractivity contribution is -0.143. The van der Waals surface area contributed by atoms with Crippen LogP contribution in [0, 0.1) is 18.1 Å². The SMILES string of the molecule is COc1cc(C(=O)N2c3cccc(C(=O)Nc4ncn[nH]4)c3CC2(CC(C)C)C(=O)O)c#cc1C(C)(C)C. The van der Waals surface area contributed by atoms with Crippen molar-refractivity contribution >= 4 is 29.4 Å². The molecular weight excluding hydrogens is 486 g/mol. The number of rotatable bonds is 7. The molecule has 2 heterocycles. The molecule has 3 aromatic rings. The van der Waals surface area contributed by atoms with E-state index in [2.05, 4.69) is 32.6 Å². The van der Waals surface area contributed by atoms with Gasteiger partial charge in [0.2, 0.25) is 5.95 Å². The Labute approximate surface area is 221 Å². The summed E-state index contributed by atoms with van der Waals surface area (Å²) in [6.07, 6.45) is 1.39. The molecule has 1 unspecified atom stereocenters. The van der Waals surface area contributed by atoms with Crippen LogP contribution < -0.4 is 15.0 Å². The van der Waals surface area contributed by atoms with Gasteiger partial charge in [0.25, 0.3) is 11.8 Å². The van der Waals surface area contributed by atoms with E-state index in [9.17, 15) is 19.5 Å². The van der Waals surface area contributed by atoms with Gasteiger partial charge in [-0.25, -0.2) is 9.89 Å². The number of carboxylic acids is 1. The zero-order valence-electron chi connectivity index (χ0n) is 22.3. The lowest BCUT2D eigenvalue weighted by atomic mass is 9.84. The van der Waals surface area contributed by atoms with Crippen molar-refractivity contribution < 1.29 is 24.2 Å². The Balaban J connectivity index is 1.86.